The lowest BCUT2D eigenvalue weighted by atomic mass is 10.00. The Hall–Kier alpha value is -1.06. The van der Waals surface area contributed by atoms with Gasteiger partial charge in [0, 0.05) is 6.54 Å². The number of esters is 1. The molecule has 1 amide bonds. The lowest BCUT2D eigenvalue weighted by Gasteiger charge is -2.18. The predicted molar refractivity (Wildman–Crippen MR) is 76.8 cm³/mol. The van der Waals surface area contributed by atoms with Crippen LogP contribution in [0.5, 0.6) is 0 Å². The average molecular weight is 271 g/mol. The van der Waals surface area contributed by atoms with Gasteiger partial charge in [0.2, 0.25) is 0 Å². The van der Waals surface area contributed by atoms with Crippen LogP contribution in [0.1, 0.15) is 66.2 Å². The smallest absolute Gasteiger partial charge is 0.309 e. The molecule has 0 fully saturated rings. The van der Waals surface area contributed by atoms with Crippen molar-refractivity contribution in [2.45, 2.75) is 72.3 Å². The maximum Gasteiger partial charge on any atom is 0.309 e. The van der Waals surface area contributed by atoms with Crippen LogP contribution in [0, 0.1) is 5.92 Å². The summed E-state index contributed by atoms with van der Waals surface area (Å²) in [5, 5.41) is 2.77. The highest BCUT2D eigenvalue weighted by Gasteiger charge is 2.23. The Labute approximate surface area is 117 Å². The molecule has 112 valence electrons. The van der Waals surface area contributed by atoms with Crippen LogP contribution in [0.3, 0.4) is 0 Å². The molecule has 2 atom stereocenters. The Morgan fingerprint density at radius 3 is 2.26 bits per heavy atom. The Balaban J connectivity index is 4.10. The third-order valence-corrected chi connectivity index (χ3v) is 3.22. The van der Waals surface area contributed by atoms with Crippen LogP contribution in [-0.4, -0.2) is 24.5 Å². The zero-order chi connectivity index (χ0) is 14.7. The Kier molecular flexibility index (Phi) is 10.2. The minimum atomic E-state index is -0.694. The fourth-order valence-corrected chi connectivity index (χ4v) is 1.80. The van der Waals surface area contributed by atoms with Crippen molar-refractivity contribution in [3.63, 3.8) is 0 Å². The standard InChI is InChI=1S/C15H29NO3/c1-5-8-10-13(7-3)15(18)19-12(4)14(17)16-11-9-6-2/h12-13H,5-11H2,1-4H3,(H,16,17)/t12-,13+/m0/s1. The van der Waals surface area contributed by atoms with E-state index in [1.165, 1.54) is 0 Å². The highest BCUT2D eigenvalue weighted by atomic mass is 16.5. The fraction of sp³-hybridized carbons (Fsp3) is 0.867. The van der Waals surface area contributed by atoms with Gasteiger partial charge >= 0.3 is 5.97 Å². The summed E-state index contributed by atoms with van der Waals surface area (Å²) in [6, 6.07) is 0. The number of rotatable bonds is 10. The van der Waals surface area contributed by atoms with Crippen molar-refractivity contribution in [3.8, 4) is 0 Å². The number of carbonyl (C=O) groups is 2. The summed E-state index contributed by atoms with van der Waals surface area (Å²) < 4.78 is 5.24. The molecule has 0 aromatic heterocycles. The summed E-state index contributed by atoms with van der Waals surface area (Å²) >= 11 is 0. The van der Waals surface area contributed by atoms with E-state index in [4.69, 9.17) is 4.74 Å². The van der Waals surface area contributed by atoms with E-state index >= 15 is 0 Å². The minimum absolute atomic E-state index is 0.0779. The van der Waals surface area contributed by atoms with Gasteiger partial charge in [0.05, 0.1) is 5.92 Å². The second-order valence-corrected chi connectivity index (χ2v) is 4.97. The first kappa shape index (κ1) is 17.9. The number of unbranched alkanes of at least 4 members (excludes halogenated alkanes) is 2. The van der Waals surface area contributed by atoms with E-state index in [1.807, 2.05) is 6.92 Å². The van der Waals surface area contributed by atoms with Gasteiger partial charge in [-0.25, -0.2) is 0 Å². The van der Waals surface area contributed by atoms with E-state index in [9.17, 15) is 9.59 Å². The number of hydrogen-bond acceptors (Lipinski definition) is 3. The van der Waals surface area contributed by atoms with Crippen molar-refractivity contribution >= 4 is 11.9 Å². The zero-order valence-electron chi connectivity index (χ0n) is 12.8. The summed E-state index contributed by atoms with van der Waals surface area (Å²) in [7, 11) is 0. The third-order valence-electron chi connectivity index (χ3n) is 3.22. The molecule has 0 saturated heterocycles. The van der Waals surface area contributed by atoms with Crippen molar-refractivity contribution in [3.05, 3.63) is 0 Å². The van der Waals surface area contributed by atoms with E-state index < -0.39 is 6.10 Å². The lowest BCUT2D eigenvalue weighted by molar-refractivity contribution is -0.159. The molecule has 4 heteroatoms. The van der Waals surface area contributed by atoms with Crippen molar-refractivity contribution in [1.29, 1.82) is 0 Å². The van der Waals surface area contributed by atoms with E-state index in [0.29, 0.717) is 6.54 Å². The summed E-state index contributed by atoms with van der Waals surface area (Å²) in [6.45, 7) is 8.42. The summed E-state index contributed by atoms with van der Waals surface area (Å²) in [4.78, 5) is 23.6. The van der Waals surface area contributed by atoms with Crippen LogP contribution in [-0.2, 0) is 14.3 Å². The molecule has 0 spiro atoms. The van der Waals surface area contributed by atoms with Gasteiger partial charge in [-0.05, 0) is 26.2 Å². The predicted octanol–water partition coefficient (Wildman–Crippen LogP) is 3.05. The van der Waals surface area contributed by atoms with Crippen molar-refractivity contribution in [2.75, 3.05) is 6.54 Å². The topological polar surface area (TPSA) is 55.4 Å². The number of nitrogens with one attached hydrogen (secondary N) is 1. The van der Waals surface area contributed by atoms with Crippen LogP contribution in [0.2, 0.25) is 0 Å². The van der Waals surface area contributed by atoms with Crippen molar-refractivity contribution in [1.82, 2.24) is 5.32 Å². The molecule has 0 bridgehead atoms. The molecule has 1 N–H and O–H groups in total. The molecule has 0 unspecified atom stereocenters. The maximum atomic E-state index is 11.9. The molecule has 19 heavy (non-hydrogen) atoms. The van der Waals surface area contributed by atoms with E-state index in [-0.39, 0.29) is 17.8 Å². The maximum absolute atomic E-state index is 11.9. The summed E-state index contributed by atoms with van der Waals surface area (Å²) in [6.07, 6.45) is 4.98. The lowest BCUT2D eigenvalue weighted by Crippen LogP contribution is -2.37. The third kappa shape index (κ3) is 7.85. The molecule has 4 nitrogen and oxygen atoms in total. The van der Waals surface area contributed by atoms with Crippen LogP contribution in [0.25, 0.3) is 0 Å². The van der Waals surface area contributed by atoms with Crippen LogP contribution in [0.15, 0.2) is 0 Å². The molecule has 0 aliphatic rings. The van der Waals surface area contributed by atoms with E-state index in [0.717, 1.165) is 38.5 Å². The quantitative estimate of drug-likeness (QED) is 0.491. The van der Waals surface area contributed by atoms with Gasteiger partial charge in [0.25, 0.3) is 5.91 Å². The molecule has 0 aromatic carbocycles. The molecule has 0 rings (SSSR count). The van der Waals surface area contributed by atoms with Gasteiger partial charge in [-0.3, -0.25) is 9.59 Å². The molecular weight excluding hydrogens is 242 g/mol. The van der Waals surface area contributed by atoms with Gasteiger partial charge < -0.3 is 10.1 Å². The van der Waals surface area contributed by atoms with Crippen molar-refractivity contribution < 1.29 is 14.3 Å². The number of carbonyl (C=O) groups excluding carboxylic acids is 2. The van der Waals surface area contributed by atoms with Crippen molar-refractivity contribution in [2.24, 2.45) is 5.92 Å². The number of amides is 1. The SMILES string of the molecule is CCCCNC(=O)[C@H](C)OC(=O)[C@H](CC)CCCC. The first-order valence-corrected chi connectivity index (χ1v) is 7.54. The zero-order valence-corrected chi connectivity index (χ0v) is 12.8. The fourth-order valence-electron chi connectivity index (χ4n) is 1.80. The highest BCUT2D eigenvalue weighted by Crippen LogP contribution is 2.15. The Morgan fingerprint density at radius 2 is 1.74 bits per heavy atom. The molecule has 0 aliphatic heterocycles. The number of ether oxygens (including phenoxy) is 1. The van der Waals surface area contributed by atoms with Gasteiger partial charge in [-0.15, -0.1) is 0 Å². The highest BCUT2D eigenvalue weighted by molar-refractivity contribution is 5.83. The minimum Gasteiger partial charge on any atom is -0.452 e. The van der Waals surface area contributed by atoms with Gasteiger partial charge in [-0.1, -0.05) is 40.0 Å². The molecule has 0 radical (unpaired) electrons. The molecule has 0 aromatic rings. The summed E-state index contributed by atoms with van der Waals surface area (Å²) in [5.74, 6) is -0.521. The molecule has 0 heterocycles. The largest absolute Gasteiger partial charge is 0.452 e. The average Bonchev–Trinajstić information content (AvgIpc) is 2.39. The van der Waals surface area contributed by atoms with Crippen LogP contribution in [0.4, 0.5) is 0 Å². The van der Waals surface area contributed by atoms with Crippen LogP contribution >= 0.6 is 0 Å². The van der Waals surface area contributed by atoms with Crippen LogP contribution < -0.4 is 5.32 Å². The first-order chi connectivity index (χ1) is 9.06. The summed E-state index contributed by atoms with van der Waals surface area (Å²) in [5.41, 5.74) is 0. The molecule has 0 saturated carbocycles. The first-order valence-electron chi connectivity index (χ1n) is 7.54. The van der Waals surface area contributed by atoms with Gasteiger partial charge in [0.1, 0.15) is 0 Å². The number of hydrogen-bond donors (Lipinski definition) is 1. The monoisotopic (exact) mass is 271 g/mol. The van der Waals surface area contributed by atoms with E-state index in [2.05, 4.69) is 19.2 Å². The molecule has 0 aliphatic carbocycles. The van der Waals surface area contributed by atoms with E-state index in [1.54, 1.807) is 6.92 Å². The second-order valence-electron chi connectivity index (χ2n) is 4.97. The Morgan fingerprint density at radius 1 is 1.11 bits per heavy atom. The normalized spacial score (nSPS) is 13.7. The van der Waals surface area contributed by atoms with Gasteiger partial charge in [-0.2, -0.15) is 0 Å². The Bertz CT molecular complexity index is 266. The second kappa shape index (κ2) is 10.8. The van der Waals surface area contributed by atoms with Gasteiger partial charge in [0.15, 0.2) is 6.10 Å². The molecular formula is C15H29NO3.